The van der Waals surface area contributed by atoms with E-state index in [2.05, 4.69) is 15.4 Å². The lowest BCUT2D eigenvalue weighted by molar-refractivity contribution is 0.0942. The molecule has 1 aromatic carbocycles. The van der Waals surface area contributed by atoms with Crippen LogP contribution >= 0.6 is 23.2 Å². The van der Waals surface area contributed by atoms with E-state index in [4.69, 9.17) is 27.9 Å². The zero-order valence-electron chi connectivity index (χ0n) is 13.8. The van der Waals surface area contributed by atoms with Crippen LogP contribution in [0.3, 0.4) is 0 Å². The van der Waals surface area contributed by atoms with Gasteiger partial charge >= 0.3 is 0 Å². The molecule has 6 nitrogen and oxygen atoms in total. The summed E-state index contributed by atoms with van der Waals surface area (Å²) in [6.07, 6.45) is 3.20. The SMILES string of the molecule is Cn1nc(C(=O)NCc2cncc(Cl)c2)c2c1-c1cc(Cl)ccc1OC2. The Morgan fingerprint density at radius 2 is 2.12 bits per heavy atom. The van der Waals surface area contributed by atoms with Crippen molar-refractivity contribution in [2.75, 3.05) is 0 Å². The number of benzene rings is 1. The number of fused-ring (bicyclic) bond motifs is 3. The number of carbonyl (C=O) groups excluding carboxylic acids is 1. The van der Waals surface area contributed by atoms with E-state index in [0.29, 0.717) is 22.3 Å². The molecular weight excluding hydrogens is 375 g/mol. The number of ether oxygens (including phenoxy) is 1. The number of aromatic nitrogens is 3. The van der Waals surface area contributed by atoms with Gasteiger partial charge in [0.15, 0.2) is 5.69 Å². The van der Waals surface area contributed by atoms with Crippen LogP contribution in [0, 0.1) is 0 Å². The minimum atomic E-state index is -0.282. The van der Waals surface area contributed by atoms with Gasteiger partial charge in [0.1, 0.15) is 12.4 Å². The molecule has 0 aliphatic carbocycles. The molecule has 0 atom stereocenters. The van der Waals surface area contributed by atoms with Crippen molar-refractivity contribution in [3.8, 4) is 17.0 Å². The summed E-state index contributed by atoms with van der Waals surface area (Å²) in [6.45, 7) is 0.584. The van der Waals surface area contributed by atoms with E-state index in [1.165, 1.54) is 0 Å². The first-order chi connectivity index (χ1) is 12.5. The first-order valence-electron chi connectivity index (χ1n) is 7.89. The maximum Gasteiger partial charge on any atom is 0.272 e. The van der Waals surface area contributed by atoms with Gasteiger partial charge in [-0.1, -0.05) is 23.2 Å². The Morgan fingerprint density at radius 1 is 1.27 bits per heavy atom. The van der Waals surface area contributed by atoms with Crippen molar-refractivity contribution >= 4 is 29.1 Å². The molecule has 0 fully saturated rings. The smallest absolute Gasteiger partial charge is 0.272 e. The molecule has 1 N–H and O–H groups in total. The fourth-order valence-corrected chi connectivity index (χ4v) is 3.37. The lowest BCUT2D eigenvalue weighted by Crippen LogP contribution is -2.25. The third kappa shape index (κ3) is 3.02. The van der Waals surface area contributed by atoms with E-state index >= 15 is 0 Å². The van der Waals surface area contributed by atoms with Crippen molar-refractivity contribution < 1.29 is 9.53 Å². The quantitative estimate of drug-likeness (QED) is 0.743. The summed E-state index contributed by atoms with van der Waals surface area (Å²) < 4.78 is 7.45. The van der Waals surface area contributed by atoms with E-state index in [1.807, 2.05) is 12.1 Å². The second-order valence-corrected chi connectivity index (χ2v) is 6.80. The fraction of sp³-hybridized carbons (Fsp3) is 0.167. The third-order valence-electron chi connectivity index (χ3n) is 4.14. The van der Waals surface area contributed by atoms with Gasteiger partial charge in [-0.2, -0.15) is 5.10 Å². The standard InChI is InChI=1S/C18H14Cl2N4O2/c1-24-17-13-5-11(19)2-3-15(13)26-9-14(17)16(23-24)18(25)22-7-10-4-12(20)8-21-6-10/h2-6,8H,7,9H2,1H3,(H,22,25). The van der Waals surface area contributed by atoms with Crippen LogP contribution in [0.15, 0.2) is 36.7 Å². The lowest BCUT2D eigenvalue weighted by atomic mass is 10.0. The molecule has 8 heteroatoms. The summed E-state index contributed by atoms with van der Waals surface area (Å²) in [4.78, 5) is 16.7. The lowest BCUT2D eigenvalue weighted by Gasteiger charge is -2.19. The predicted molar refractivity (Wildman–Crippen MR) is 98.4 cm³/mol. The first-order valence-corrected chi connectivity index (χ1v) is 8.65. The van der Waals surface area contributed by atoms with E-state index in [1.54, 1.807) is 36.3 Å². The van der Waals surface area contributed by atoms with E-state index < -0.39 is 0 Å². The van der Waals surface area contributed by atoms with E-state index in [9.17, 15) is 4.79 Å². The van der Waals surface area contributed by atoms with Crippen molar-refractivity contribution in [3.05, 3.63) is 63.5 Å². The number of aryl methyl sites for hydroxylation is 1. The Balaban J connectivity index is 1.63. The van der Waals surface area contributed by atoms with E-state index in [0.717, 1.165) is 28.1 Å². The van der Waals surface area contributed by atoms with Gasteiger partial charge in [-0.05, 0) is 29.8 Å². The number of carbonyl (C=O) groups is 1. The van der Waals surface area contributed by atoms with Gasteiger partial charge in [-0.3, -0.25) is 14.5 Å². The molecular formula is C18H14Cl2N4O2. The average molecular weight is 389 g/mol. The van der Waals surface area contributed by atoms with E-state index in [-0.39, 0.29) is 12.5 Å². The summed E-state index contributed by atoms with van der Waals surface area (Å²) >= 11 is 12.0. The molecule has 2 aromatic heterocycles. The van der Waals surface area contributed by atoms with Gasteiger partial charge in [-0.15, -0.1) is 0 Å². The van der Waals surface area contributed by atoms with Crippen molar-refractivity contribution in [3.63, 3.8) is 0 Å². The first kappa shape index (κ1) is 16.9. The summed E-state index contributed by atoms with van der Waals surface area (Å²) in [5.41, 5.74) is 3.55. The fourth-order valence-electron chi connectivity index (χ4n) is 3.01. The number of rotatable bonds is 3. The summed E-state index contributed by atoms with van der Waals surface area (Å²) in [5.74, 6) is 0.442. The van der Waals surface area contributed by atoms with Gasteiger partial charge < -0.3 is 10.1 Å². The molecule has 0 radical (unpaired) electrons. The Hall–Kier alpha value is -2.57. The topological polar surface area (TPSA) is 69.0 Å². The number of pyridine rings is 1. The Kier molecular flexibility index (Phi) is 4.30. The number of halogens is 2. The second-order valence-electron chi connectivity index (χ2n) is 5.92. The van der Waals surface area contributed by atoms with Crippen LogP contribution in [-0.4, -0.2) is 20.7 Å². The molecule has 0 spiro atoms. The summed E-state index contributed by atoms with van der Waals surface area (Å²) in [6, 6.07) is 7.16. The summed E-state index contributed by atoms with van der Waals surface area (Å²) in [5, 5.41) is 8.36. The molecule has 3 heterocycles. The number of nitrogens with one attached hydrogen (secondary N) is 1. The van der Waals surface area contributed by atoms with Crippen LogP contribution in [0.1, 0.15) is 21.6 Å². The highest BCUT2D eigenvalue weighted by molar-refractivity contribution is 6.31. The maximum absolute atomic E-state index is 12.6. The van der Waals surface area contributed by atoms with Crippen LogP contribution < -0.4 is 10.1 Å². The van der Waals surface area contributed by atoms with Gasteiger partial charge in [0, 0.05) is 42.1 Å². The zero-order valence-corrected chi connectivity index (χ0v) is 15.3. The highest BCUT2D eigenvalue weighted by Crippen LogP contribution is 2.39. The number of amides is 1. The normalized spacial score (nSPS) is 12.1. The average Bonchev–Trinajstić information content (AvgIpc) is 2.97. The maximum atomic E-state index is 12.6. The largest absolute Gasteiger partial charge is 0.488 e. The Bertz CT molecular complexity index is 1020. The van der Waals surface area contributed by atoms with Crippen molar-refractivity contribution in [1.82, 2.24) is 20.1 Å². The molecule has 3 aromatic rings. The molecule has 0 bridgehead atoms. The molecule has 1 aliphatic rings. The number of nitrogens with zero attached hydrogens (tertiary/aromatic N) is 3. The van der Waals surface area contributed by atoms with Gasteiger partial charge in [0.2, 0.25) is 0 Å². The molecule has 0 unspecified atom stereocenters. The van der Waals surface area contributed by atoms with Crippen molar-refractivity contribution in [1.29, 1.82) is 0 Å². The highest BCUT2D eigenvalue weighted by Gasteiger charge is 2.28. The Morgan fingerprint density at radius 3 is 2.92 bits per heavy atom. The minimum Gasteiger partial charge on any atom is -0.488 e. The second kappa shape index (κ2) is 6.63. The molecule has 1 amide bonds. The van der Waals surface area contributed by atoms with Crippen LogP contribution in [0.2, 0.25) is 10.0 Å². The minimum absolute atomic E-state index is 0.277. The van der Waals surface area contributed by atoms with Crippen molar-refractivity contribution in [2.45, 2.75) is 13.2 Å². The van der Waals surface area contributed by atoms with Gasteiger partial charge in [0.25, 0.3) is 5.91 Å². The van der Waals surface area contributed by atoms with Gasteiger partial charge in [-0.25, -0.2) is 0 Å². The van der Waals surface area contributed by atoms with Crippen LogP contribution in [-0.2, 0) is 20.2 Å². The predicted octanol–water partition coefficient (Wildman–Crippen LogP) is 3.61. The van der Waals surface area contributed by atoms with Crippen molar-refractivity contribution in [2.24, 2.45) is 7.05 Å². The van der Waals surface area contributed by atoms with Crippen LogP contribution in [0.5, 0.6) is 5.75 Å². The molecule has 0 saturated carbocycles. The number of hydrogen-bond acceptors (Lipinski definition) is 4. The molecule has 0 saturated heterocycles. The zero-order chi connectivity index (χ0) is 18.3. The van der Waals surface area contributed by atoms with Crippen LogP contribution in [0.4, 0.5) is 0 Å². The highest BCUT2D eigenvalue weighted by atomic mass is 35.5. The molecule has 132 valence electrons. The Labute approximate surface area is 159 Å². The number of hydrogen-bond donors (Lipinski definition) is 1. The van der Waals surface area contributed by atoms with Gasteiger partial charge in [0.05, 0.1) is 10.7 Å². The van der Waals surface area contributed by atoms with Crippen LogP contribution in [0.25, 0.3) is 11.3 Å². The monoisotopic (exact) mass is 388 g/mol. The third-order valence-corrected chi connectivity index (χ3v) is 4.59. The summed E-state index contributed by atoms with van der Waals surface area (Å²) in [7, 11) is 1.80. The molecule has 26 heavy (non-hydrogen) atoms. The molecule has 1 aliphatic heterocycles. The molecule has 4 rings (SSSR count).